The zero-order valence-electron chi connectivity index (χ0n) is 16.8. The number of benzene rings is 1. The fourth-order valence-corrected chi connectivity index (χ4v) is 4.02. The van der Waals surface area contributed by atoms with E-state index >= 15 is 0 Å². The lowest BCUT2D eigenvalue weighted by atomic mass is 10.3. The summed E-state index contributed by atoms with van der Waals surface area (Å²) in [7, 11) is -3.74. The van der Waals surface area contributed by atoms with Gasteiger partial charge in [0.05, 0.1) is 17.9 Å². The highest BCUT2D eigenvalue weighted by Gasteiger charge is 2.20. The molecular weight excluding hydrogens is 396 g/mol. The SMILES string of the molecule is CCOc1ccc(S(=O)(=O)NCCC(=O)OCC(=O)N(CC)C2=CCCC2)cc1. The second-order valence-electron chi connectivity index (χ2n) is 6.44. The number of carbonyl (C=O) groups is 2. The van der Waals surface area contributed by atoms with Crippen LogP contribution in [0.4, 0.5) is 0 Å². The quantitative estimate of drug-likeness (QED) is 0.547. The van der Waals surface area contributed by atoms with E-state index in [2.05, 4.69) is 4.72 Å². The van der Waals surface area contributed by atoms with Crippen LogP contribution in [0.15, 0.2) is 40.9 Å². The van der Waals surface area contributed by atoms with Gasteiger partial charge in [0.25, 0.3) is 5.91 Å². The summed E-state index contributed by atoms with van der Waals surface area (Å²) in [5.74, 6) is -0.331. The summed E-state index contributed by atoms with van der Waals surface area (Å²) < 4.78 is 37.1. The van der Waals surface area contributed by atoms with E-state index in [0.29, 0.717) is 18.9 Å². The first-order valence-corrected chi connectivity index (χ1v) is 11.2. The smallest absolute Gasteiger partial charge is 0.307 e. The number of rotatable bonds is 11. The third-order valence-electron chi connectivity index (χ3n) is 4.40. The van der Waals surface area contributed by atoms with Crippen LogP contribution in [0.25, 0.3) is 0 Å². The van der Waals surface area contributed by atoms with Gasteiger partial charge in [-0.2, -0.15) is 0 Å². The van der Waals surface area contributed by atoms with Gasteiger partial charge in [0.15, 0.2) is 6.61 Å². The predicted molar refractivity (Wildman–Crippen MR) is 108 cm³/mol. The van der Waals surface area contributed by atoms with Crippen molar-refractivity contribution in [1.82, 2.24) is 9.62 Å². The number of sulfonamides is 1. The van der Waals surface area contributed by atoms with Gasteiger partial charge in [-0.25, -0.2) is 13.1 Å². The maximum atomic E-state index is 12.3. The number of hydrogen-bond acceptors (Lipinski definition) is 6. The van der Waals surface area contributed by atoms with Crippen LogP contribution in [-0.2, 0) is 24.3 Å². The van der Waals surface area contributed by atoms with Gasteiger partial charge in [-0.05, 0) is 57.4 Å². The number of hydrogen-bond donors (Lipinski definition) is 1. The van der Waals surface area contributed by atoms with E-state index in [0.717, 1.165) is 25.0 Å². The Morgan fingerprint density at radius 1 is 1.17 bits per heavy atom. The van der Waals surface area contributed by atoms with Gasteiger partial charge in [0.1, 0.15) is 5.75 Å². The molecule has 8 nitrogen and oxygen atoms in total. The van der Waals surface area contributed by atoms with Crippen molar-refractivity contribution in [3.8, 4) is 5.75 Å². The normalized spacial score (nSPS) is 13.7. The van der Waals surface area contributed by atoms with Crippen molar-refractivity contribution >= 4 is 21.9 Å². The Labute approximate surface area is 171 Å². The van der Waals surface area contributed by atoms with E-state index in [-0.39, 0.29) is 30.4 Å². The molecule has 0 aromatic heterocycles. The Kier molecular flexibility index (Phi) is 8.66. The highest BCUT2D eigenvalue weighted by molar-refractivity contribution is 7.89. The Bertz CT molecular complexity index is 833. The third kappa shape index (κ3) is 6.86. The lowest BCUT2D eigenvalue weighted by molar-refractivity contribution is -0.151. The number of esters is 1. The van der Waals surface area contributed by atoms with E-state index in [1.54, 1.807) is 17.0 Å². The minimum absolute atomic E-state index is 0.0768. The van der Waals surface area contributed by atoms with Crippen molar-refractivity contribution in [3.63, 3.8) is 0 Å². The first-order valence-electron chi connectivity index (χ1n) is 9.75. The van der Waals surface area contributed by atoms with Gasteiger partial charge in [-0.1, -0.05) is 6.08 Å². The summed E-state index contributed by atoms with van der Waals surface area (Å²) in [5, 5.41) is 0. The maximum Gasteiger partial charge on any atom is 0.307 e. The Hall–Kier alpha value is -2.39. The van der Waals surface area contributed by atoms with Gasteiger partial charge < -0.3 is 14.4 Å². The van der Waals surface area contributed by atoms with E-state index in [1.807, 2.05) is 19.9 Å². The molecule has 1 aromatic rings. The summed E-state index contributed by atoms with van der Waals surface area (Å²) in [6.45, 7) is 4.24. The molecule has 1 N–H and O–H groups in total. The minimum atomic E-state index is -3.74. The molecule has 0 saturated carbocycles. The molecule has 0 bridgehead atoms. The van der Waals surface area contributed by atoms with Crippen LogP contribution in [0, 0.1) is 0 Å². The molecular formula is C20H28N2O6S. The summed E-state index contributed by atoms with van der Waals surface area (Å²) in [6.07, 6.45) is 4.68. The molecule has 29 heavy (non-hydrogen) atoms. The van der Waals surface area contributed by atoms with Gasteiger partial charge in [-0.15, -0.1) is 0 Å². The molecule has 0 spiro atoms. The molecule has 1 aliphatic rings. The zero-order chi connectivity index (χ0) is 21.3. The Morgan fingerprint density at radius 2 is 1.90 bits per heavy atom. The van der Waals surface area contributed by atoms with Crippen molar-refractivity contribution in [2.75, 3.05) is 26.3 Å². The fourth-order valence-electron chi connectivity index (χ4n) is 2.98. The minimum Gasteiger partial charge on any atom is -0.494 e. The van der Waals surface area contributed by atoms with Crippen molar-refractivity contribution in [3.05, 3.63) is 36.0 Å². The van der Waals surface area contributed by atoms with E-state index in [4.69, 9.17) is 9.47 Å². The molecule has 0 heterocycles. The third-order valence-corrected chi connectivity index (χ3v) is 5.88. The van der Waals surface area contributed by atoms with Gasteiger partial charge in [0, 0.05) is 18.8 Å². The summed E-state index contributed by atoms with van der Waals surface area (Å²) in [5.41, 5.74) is 0.969. The van der Waals surface area contributed by atoms with Gasteiger partial charge in [-0.3, -0.25) is 9.59 Å². The molecule has 0 aliphatic heterocycles. The van der Waals surface area contributed by atoms with E-state index in [1.165, 1.54) is 12.1 Å². The zero-order valence-corrected chi connectivity index (χ0v) is 17.7. The number of nitrogens with zero attached hydrogens (tertiary/aromatic N) is 1. The average molecular weight is 425 g/mol. The second kappa shape index (κ2) is 11.0. The Morgan fingerprint density at radius 3 is 2.48 bits per heavy atom. The number of nitrogens with one attached hydrogen (secondary N) is 1. The van der Waals surface area contributed by atoms with Crippen LogP contribution in [-0.4, -0.2) is 51.5 Å². The van der Waals surface area contributed by atoms with Crippen LogP contribution in [0.1, 0.15) is 39.5 Å². The predicted octanol–water partition coefficient (Wildman–Crippen LogP) is 2.21. The van der Waals surface area contributed by atoms with Crippen LogP contribution in [0.2, 0.25) is 0 Å². The molecule has 1 amide bonds. The first-order chi connectivity index (χ1) is 13.9. The van der Waals surface area contributed by atoms with Crippen LogP contribution in [0.5, 0.6) is 5.75 Å². The van der Waals surface area contributed by atoms with Crippen LogP contribution < -0.4 is 9.46 Å². The highest BCUT2D eigenvalue weighted by atomic mass is 32.2. The molecule has 160 valence electrons. The number of allylic oxidation sites excluding steroid dienone is 2. The molecule has 9 heteroatoms. The monoisotopic (exact) mass is 424 g/mol. The van der Waals surface area contributed by atoms with E-state index in [9.17, 15) is 18.0 Å². The lowest BCUT2D eigenvalue weighted by Gasteiger charge is -2.22. The number of likely N-dealkylation sites (N-methyl/N-ethyl adjacent to an activating group) is 1. The molecule has 0 unspecified atom stereocenters. The van der Waals surface area contributed by atoms with Crippen LogP contribution >= 0.6 is 0 Å². The summed E-state index contributed by atoms with van der Waals surface area (Å²) in [6, 6.07) is 6.00. The first kappa shape index (κ1) is 22.9. The lowest BCUT2D eigenvalue weighted by Crippen LogP contribution is -2.34. The van der Waals surface area contributed by atoms with Crippen molar-refractivity contribution in [2.24, 2.45) is 0 Å². The molecule has 2 rings (SSSR count). The Balaban J connectivity index is 1.76. The molecule has 0 saturated heterocycles. The maximum absolute atomic E-state index is 12.3. The molecule has 0 radical (unpaired) electrons. The average Bonchev–Trinajstić information content (AvgIpc) is 3.22. The van der Waals surface area contributed by atoms with Crippen molar-refractivity contribution in [1.29, 1.82) is 0 Å². The molecule has 0 fully saturated rings. The van der Waals surface area contributed by atoms with Crippen molar-refractivity contribution < 1.29 is 27.5 Å². The second-order valence-corrected chi connectivity index (χ2v) is 8.21. The molecule has 1 aromatic carbocycles. The standard InChI is InChI=1S/C20H28N2O6S/c1-3-22(16-7-5-6-8-16)19(23)15-28-20(24)13-14-21-29(25,26)18-11-9-17(10-12-18)27-4-2/h7,9-12,21H,3-6,8,13-15H2,1-2H3. The highest BCUT2D eigenvalue weighted by Crippen LogP contribution is 2.21. The summed E-state index contributed by atoms with van der Waals surface area (Å²) >= 11 is 0. The fraction of sp³-hybridized carbons (Fsp3) is 0.500. The number of amides is 1. The summed E-state index contributed by atoms with van der Waals surface area (Å²) in [4.78, 5) is 25.8. The molecule has 0 atom stereocenters. The van der Waals surface area contributed by atoms with Crippen molar-refractivity contribution in [2.45, 2.75) is 44.4 Å². The van der Waals surface area contributed by atoms with Gasteiger partial charge in [0.2, 0.25) is 10.0 Å². The number of carbonyl (C=O) groups excluding carboxylic acids is 2. The van der Waals surface area contributed by atoms with Crippen LogP contribution in [0.3, 0.4) is 0 Å². The molecule has 1 aliphatic carbocycles. The number of ether oxygens (including phenoxy) is 2. The largest absolute Gasteiger partial charge is 0.494 e. The van der Waals surface area contributed by atoms with E-state index < -0.39 is 16.0 Å². The topological polar surface area (TPSA) is 102 Å². The van der Waals surface area contributed by atoms with Gasteiger partial charge >= 0.3 is 5.97 Å².